The van der Waals surface area contributed by atoms with Gasteiger partial charge in [0, 0.05) is 18.8 Å². The maximum Gasteiger partial charge on any atom is 0.353 e. The second-order valence-corrected chi connectivity index (χ2v) is 7.30. The molecule has 150 valence electrons. The molecule has 9 heteroatoms. The first kappa shape index (κ1) is 19.7. The zero-order chi connectivity index (χ0) is 20.3. The minimum atomic E-state index is -0.505. The second kappa shape index (κ2) is 8.28. The van der Waals surface area contributed by atoms with Gasteiger partial charge in [0.15, 0.2) is 0 Å². The van der Waals surface area contributed by atoms with E-state index in [0.717, 1.165) is 17.9 Å². The Morgan fingerprint density at radius 1 is 1.25 bits per heavy atom. The van der Waals surface area contributed by atoms with Crippen LogP contribution in [0.1, 0.15) is 27.2 Å². The van der Waals surface area contributed by atoms with Crippen molar-refractivity contribution >= 4 is 29.0 Å². The monoisotopic (exact) mass is 386 g/mol. The first-order valence-corrected chi connectivity index (χ1v) is 9.44. The van der Waals surface area contributed by atoms with Gasteiger partial charge in [-0.15, -0.1) is 0 Å². The van der Waals surface area contributed by atoms with Gasteiger partial charge < -0.3 is 20.7 Å². The number of nitrogens with two attached hydrogens (primary N) is 1. The molecule has 2 atom stereocenters. The van der Waals surface area contributed by atoms with Crippen LogP contribution in [0.25, 0.3) is 0 Å². The molecule has 0 amide bonds. The molecule has 1 aliphatic heterocycles. The van der Waals surface area contributed by atoms with E-state index in [9.17, 15) is 10.1 Å². The molecule has 1 saturated heterocycles. The zero-order valence-corrected chi connectivity index (χ0v) is 16.4. The molecule has 0 spiro atoms. The van der Waals surface area contributed by atoms with Gasteiger partial charge in [0.25, 0.3) is 0 Å². The second-order valence-electron chi connectivity index (χ2n) is 7.30. The van der Waals surface area contributed by atoms with E-state index >= 15 is 0 Å². The number of aromatic nitrogens is 2. The van der Waals surface area contributed by atoms with E-state index < -0.39 is 4.92 Å². The number of nitrogens with zero attached hydrogens (tertiary/aromatic N) is 4. The highest BCUT2D eigenvalue weighted by Crippen LogP contribution is 2.36. The van der Waals surface area contributed by atoms with Gasteiger partial charge in [-0.3, -0.25) is 10.1 Å². The Morgan fingerprint density at radius 3 is 2.46 bits per heavy atom. The molecular formula is C19H26N6O3. The highest BCUT2D eigenvalue weighted by Gasteiger charge is 2.31. The number of ether oxygens (including phenoxy) is 1. The molecule has 1 aromatic heterocycles. The number of piperidine rings is 1. The predicted molar refractivity (Wildman–Crippen MR) is 109 cm³/mol. The number of anilines is 4. The van der Waals surface area contributed by atoms with Gasteiger partial charge >= 0.3 is 5.69 Å². The Morgan fingerprint density at radius 2 is 1.89 bits per heavy atom. The summed E-state index contributed by atoms with van der Waals surface area (Å²) in [5.74, 6) is 1.95. The standard InChI is InChI=1S/C19H26N6O3/c1-4-28-15-7-5-14(6-8-15)21-19-22-17(20)16(25(26)27)18(23-19)24-10-12(2)9-13(3)11-24/h5-8,12-13H,4,9-11H2,1-3H3,(H3,20,21,22,23)/t12-,13-/m1/s1. The van der Waals surface area contributed by atoms with E-state index in [1.54, 1.807) is 0 Å². The van der Waals surface area contributed by atoms with Crippen LogP contribution in [0.4, 0.5) is 29.0 Å². The smallest absolute Gasteiger partial charge is 0.353 e. The lowest BCUT2D eigenvalue weighted by Gasteiger charge is -2.35. The van der Waals surface area contributed by atoms with Crippen LogP contribution >= 0.6 is 0 Å². The van der Waals surface area contributed by atoms with Gasteiger partial charge in [-0.25, -0.2) is 0 Å². The van der Waals surface area contributed by atoms with Crippen LogP contribution in [-0.2, 0) is 0 Å². The van der Waals surface area contributed by atoms with Crippen molar-refractivity contribution in [1.82, 2.24) is 9.97 Å². The molecule has 0 unspecified atom stereocenters. The van der Waals surface area contributed by atoms with Crippen molar-refractivity contribution in [3.8, 4) is 5.75 Å². The number of hydrogen-bond donors (Lipinski definition) is 2. The first-order chi connectivity index (χ1) is 13.4. The van der Waals surface area contributed by atoms with Crippen molar-refractivity contribution in [2.75, 3.05) is 35.6 Å². The Balaban J connectivity index is 1.92. The van der Waals surface area contributed by atoms with Crippen LogP contribution in [0.3, 0.4) is 0 Å². The number of hydrogen-bond acceptors (Lipinski definition) is 8. The molecule has 9 nitrogen and oxygen atoms in total. The minimum absolute atomic E-state index is 0.144. The highest BCUT2D eigenvalue weighted by molar-refractivity contribution is 5.72. The quantitative estimate of drug-likeness (QED) is 0.571. The summed E-state index contributed by atoms with van der Waals surface area (Å²) >= 11 is 0. The van der Waals surface area contributed by atoms with Crippen LogP contribution < -0.4 is 20.7 Å². The number of nitro groups is 1. The minimum Gasteiger partial charge on any atom is -0.494 e. The lowest BCUT2D eigenvalue weighted by atomic mass is 9.92. The molecule has 0 aliphatic carbocycles. The topological polar surface area (TPSA) is 119 Å². The average Bonchev–Trinajstić information content (AvgIpc) is 2.62. The van der Waals surface area contributed by atoms with E-state index in [-0.39, 0.29) is 23.3 Å². The van der Waals surface area contributed by atoms with Crippen molar-refractivity contribution < 1.29 is 9.66 Å². The summed E-state index contributed by atoms with van der Waals surface area (Å²) < 4.78 is 5.43. The van der Waals surface area contributed by atoms with E-state index in [4.69, 9.17) is 10.5 Å². The molecule has 1 aliphatic rings. The molecule has 0 saturated carbocycles. The fourth-order valence-electron chi connectivity index (χ4n) is 3.68. The number of nitrogens with one attached hydrogen (secondary N) is 1. The molecule has 2 heterocycles. The normalized spacial score (nSPS) is 19.3. The summed E-state index contributed by atoms with van der Waals surface area (Å²) in [6.07, 6.45) is 1.09. The number of benzene rings is 1. The van der Waals surface area contributed by atoms with Crippen LogP contribution in [-0.4, -0.2) is 34.6 Å². The maximum atomic E-state index is 11.6. The van der Waals surface area contributed by atoms with Crippen molar-refractivity contribution in [3.05, 3.63) is 34.4 Å². The number of nitrogen functional groups attached to an aromatic ring is 1. The van der Waals surface area contributed by atoms with E-state index in [0.29, 0.717) is 31.5 Å². The summed E-state index contributed by atoms with van der Waals surface area (Å²) in [5, 5.41) is 14.7. The van der Waals surface area contributed by atoms with Crippen molar-refractivity contribution in [2.45, 2.75) is 27.2 Å². The van der Waals surface area contributed by atoms with Crippen molar-refractivity contribution in [2.24, 2.45) is 11.8 Å². The van der Waals surface area contributed by atoms with E-state index in [1.165, 1.54) is 0 Å². The average molecular weight is 386 g/mol. The predicted octanol–water partition coefficient (Wildman–Crippen LogP) is 3.59. The lowest BCUT2D eigenvalue weighted by molar-refractivity contribution is -0.383. The first-order valence-electron chi connectivity index (χ1n) is 9.44. The fraction of sp³-hybridized carbons (Fsp3) is 0.474. The van der Waals surface area contributed by atoms with Crippen LogP contribution in [0.5, 0.6) is 5.75 Å². The van der Waals surface area contributed by atoms with Gasteiger partial charge in [0.1, 0.15) is 5.75 Å². The number of rotatable bonds is 6. The Bertz CT molecular complexity index is 832. The van der Waals surface area contributed by atoms with Crippen molar-refractivity contribution in [3.63, 3.8) is 0 Å². The summed E-state index contributed by atoms with van der Waals surface area (Å²) in [7, 11) is 0. The molecule has 0 radical (unpaired) electrons. The summed E-state index contributed by atoms with van der Waals surface area (Å²) in [5.41, 5.74) is 6.44. The third-order valence-corrected chi connectivity index (χ3v) is 4.67. The van der Waals surface area contributed by atoms with Gasteiger partial charge in [0.2, 0.25) is 17.6 Å². The van der Waals surface area contributed by atoms with Crippen LogP contribution in [0.15, 0.2) is 24.3 Å². The Labute approximate surface area is 164 Å². The molecule has 3 N–H and O–H groups in total. The molecule has 1 aromatic carbocycles. The maximum absolute atomic E-state index is 11.6. The molecular weight excluding hydrogens is 360 g/mol. The molecule has 2 aromatic rings. The SMILES string of the molecule is CCOc1ccc(Nc2nc(N)c([N+](=O)[O-])c(N3C[C@H](C)C[C@@H](C)C3)n2)cc1. The fourth-order valence-corrected chi connectivity index (χ4v) is 3.68. The summed E-state index contributed by atoms with van der Waals surface area (Å²) in [6, 6.07) is 7.32. The summed E-state index contributed by atoms with van der Waals surface area (Å²) in [6.45, 7) is 8.18. The van der Waals surface area contributed by atoms with Gasteiger partial charge in [-0.1, -0.05) is 13.8 Å². The molecule has 3 rings (SSSR count). The zero-order valence-electron chi connectivity index (χ0n) is 16.4. The van der Waals surface area contributed by atoms with Crippen LogP contribution in [0, 0.1) is 22.0 Å². The Kier molecular flexibility index (Phi) is 5.81. The molecule has 28 heavy (non-hydrogen) atoms. The third-order valence-electron chi connectivity index (χ3n) is 4.67. The summed E-state index contributed by atoms with van der Waals surface area (Å²) in [4.78, 5) is 21.6. The van der Waals surface area contributed by atoms with Gasteiger partial charge in [-0.05, 0) is 49.4 Å². The largest absolute Gasteiger partial charge is 0.494 e. The van der Waals surface area contributed by atoms with Crippen molar-refractivity contribution in [1.29, 1.82) is 0 Å². The van der Waals surface area contributed by atoms with E-state index in [1.807, 2.05) is 36.1 Å². The van der Waals surface area contributed by atoms with Crippen LogP contribution in [0.2, 0.25) is 0 Å². The van der Waals surface area contributed by atoms with Gasteiger partial charge in [-0.2, -0.15) is 9.97 Å². The molecule has 0 bridgehead atoms. The highest BCUT2D eigenvalue weighted by atomic mass is 16.6. The van der Waals surface area contributed by atoms with E-state index in [2.05, 4.69) is 29.1 Å². The third kappa shape index (κ3) is 4.41. The molecule has 1 fully saturated rings. The lowest BCUT2D eigenvalue weighted by Crippen LogP contribution is -2.39. The Hall–Kier alpha value is -3.10. The van der Waals surface area contributed by atoms with Gasteiger partial charge in [0.05, 0.1) is 11.5 Å².